The highest BCUT2D eigenvalue weighted by Gasteiger charge is 2.56. The molecule has 6 rings (SSSR count). The van der Waals surface area contributed by atoms with Gasteiger partial charge in [-0.3, -0.25) is 19.2 Å². The Morgan fingerprint density at radius 2 is 1.75 bits per heavy atom. The lowest BCUT2D eigenvalue weighted by atomic mass is 9.59. The molecule has 9 nitrogen and oxygen atoms in total. The molecule has 3 aliphatic carbocycles. The Morgan fingerprint density at radius 1 is 1.00 bits per heavy atom. The number of carboxylic acids is 1. The number of ketones is 2. The zero-order valence-electron chi connectivity index (χ0n) is 21.1. The van der Waals surface area contributed by atoms with Crippen LogP contribution in [0, 0.1) is 17.8 Å². The van der Waals surface area contributed by atoms with E-state index in [1.165, 1.54) is 24.3 Å². The minimum atomic E-state index is -1.35. The highest BCUT2D eigenvalue weighted by molar-refractivity contribution is 6.32. The van der Waals surface area contributed by atoms with E-state index in [2.05, 4.69) is 0 Å². The van der Waals surface area contributed by atoms with E-state index in [9.17, 15) is 39.3 Å². The van der Waals surface area contributed by atoms with Gasteiger partial charge in [-0.1, -0.05) is 29.3 Å². The van der Waals surface area contributed by atoms with Crippen molar-refractivity contribution in [3.63, 3.8) is 0 Å². The molecule has 1 aliphatic heterocycles. The van der Waals surface area contributed by atoms with Crippen LogP contribution in [0.2, 0.25) is 5.02 Å². The number of nitrogens with zero attached hydrogens (tertiary/aromatic N) is 1. The number of hydrogen-bond acceptors (Lipinski definition) is 7. The fraction of sp³-hybridized carbons (Fsp3) is 0.233. The number of carbonyl (C=O) groups is 5. The predicted molar refractivity (Wildman–Crippen MR) is 142 cm³/mol. The van der Waals surface area contributed by atoms with Crippen molar-refractivity contribution >= 4 is 46.6 Å². The summed E-state index contributed by atoms with van der Waals surface area (Å²) < 4.78 is 0. The molecule has 0 saturated carbocycles. The Kier molecular flexibility index (Phi) is 5.81. The van der Waals surface area contributed by atoms with Gasteiger partial charge in [-0.25, -0.2) is 9.69 Å². The van der Waals surface area contributed by atoms with Gasteiger partial charge in [0.1, 0.15) is 17.1 Å². The topological polar surface area (TPSA) is 149 Å². The quantitative estimate of drug-likeness (QED) is 0.289. The summed E-state index contributed by atoms with van der Waals surface area (Å²) in [6.45, 7) is 1.56. The fourth-order valence-electron chi connectivity index (χ4n) is 6.58. The number of phenols is 2. The molecule has 2 aromatic carbocycles. The molecular weight excluding hydrogens is 538 g/mol. The zero-order valence-corrected chi connectivity index (χ0v) is 21.8. The maximum absolute atomic E-state index is 13.9. The first-order valence-electron chi connectivity index (χ1n) is 12.6. The van der Waals surface area contributed by atoms with Gasteiger partial charge in [-0.2, -0.15) is 0 Å². The van der Waals surface area contributed by atoms with Crippen LogP contribution in [-0.4, -0.2) is 44.7 Å². The summed E-state index contributed by atoms with van der Waals surface area (Å²) in [5.74, 6) is -6.60. The van der Waals surface area contributed by atoms with Crippen LogP contribution in [0.5, 0.6) is 11.5 Å². The lowest BCUT2D eigenvalue weighted by molar-refractivity contribution is -0.123. The van der Waals surface area contributed by atoms with Gasteiger partial charge in [0.25, 0.3) is 0 Å². The average molecular weight is 560 g/mol. The van der Waals surface area contributed by atoms with Gasteiger partial charge in [0.15, 0.2) is 11.6 Å². The second-order valence-electron chi connectivity index (χ2n) is 10.5. The molecule has 1 heterocycles. The number of aromatic hydroxyl groups is 2. The first-order valence-corrected chi connectivity index (χ1v) is 13.0. The first kappa shape index (κ1) is 25.8. The summed E-state index contributed by atoms with van der Waals surface area (Å²) in [5, 5.41) is 29.6. The molecule has 202 valence electrons. The Balaban J connectivity index is 1.47. The van der Waals surface area contributed by atoms with E-state index in [0.717, 1.165) is 17.0 Å². The van der Waals surface area contributed by atoms with Crippen LogP contribution in [0.15, 0.2) is 70.8 Å². The SMILES string of the molecule is CC1=CC(=O)C2=C(CC3C(=CCC4C(=O)N(c5ccc(C(=O)O)c(O)c5)C(=O)C43)C2c2ccc(O)cc2Cl)C1=O. The van der Waals surface area contributed by atoms with Crippen LogP contribution >= 0.6 is 11.6 Å². The van der Waals surface area contributed by atoms with E-state index in [1.54, 1.807) is 13.0 Å². The Hall–Kier alpha value is -4.50. The van der Waals surface area contributed by atoms with Gasteiger partial charge in [0, 0.05) is 33.7 Å². The number of benzene rings is 2. The van der Waals surface area contributed by atoms with Gasteiger partial charge in [0.05, 0.1) is 17.5 Å². The van der Waals surface area contributed by atoms with Gasteiger partial charge >= 0.3 is 5.97 Å². The number of fused-ring (bicyclic) bond motifs is 3. The number of carbonyl (C=O) groups excluding carboxylic acids is 4. The molecule has 0 radical (unpaired) electrons. The molecule has 1 saturated heterocycles. The molecule has 4 aliphatic rings. The number of carboxylic acid groups (broad SMARTS) is 1. The van der Waals surface area contributed by atoms with Crippen molar-refractivity contribution in [2.24, 2.45) is 17.8 Å². The lowest BCUT2D eigenvalue weighted by Crippen LogP contribution is -2.39. The standard InChI is InChI=1S/C30H22ClNO8/c1-12-8-23(35)26-20(27(12)36)11-19-15(24(26)16-5-3-14(33)10-21(16)31)6-7-18-25(19)29(38)32(28(18)37)13-2-4-17(30(39)40)22(34)9-13/h2-6,8-10,18-19,24-25,33-34H,7,11H2,1H3,(H,39,40). The molecular formula is C30H22ClNO8. The molecule has 0 spiro atoms. The van der Waals surface area contributed by atoms with Crippen LogP contribution in [0.4, 0.5) is 5.69 Å². The molecule has 0 bridgehead atoms. The minimum Gasteiger partial charge on any atom is -0.508 e. The van der Waals surface area contributed by atoms with Crippen LogP contribution in [0.3, 0.4) is 0 Å². The number of hydrogen-bond donors (Lipinski definition) is 3. The van der Waals surface area contributed by atoms with Crippen molar-refractivity contribution in [2.45, 2.75) is 25.7 Å². The van der Waals surface area contributed by atoms with E-state index in [-0.39, 0.29) is 63.2 Å². The molecule has 4 unspecified atom stereocenters. The number of anilines is 1. The molecule has 1 fully saturated rings. The minimum absolute atomic E-state index is 0.0463. The number of rotatable bonds is 3. The summed E-state index contributed by atoms with van der Waals surface area (Å²) in [7, 11) is 0. The molecule has 4 atom stereocenters. The second kappa shape index (κ2) is 9.02. The zero-order chi connectivity index (χ0) is 28.6. The summed E-state index contributed by atoms with van der Waals surface area (Å²) in [4.78, 5) is 66.4. The maximum atomic E-state index is 13.9. The van der Waals surface area contributed by atoms with E-state index >= 15 is 0 Å². The number of amides is 2. The smallest absolute Gasteiger partial charge is 0.339 e. The van der Waals surface area contributed by atoms with Crippen LogP contribution in [-0.2, 0) is 19.2 Å². The Labute approximate surface area is 232 Å². The highest BCUT2D eigenvalue weighted by Crippen LogP contribution is 2.56. The Morgan fingerprint density at radius 3 is 2.42 bits per heavy atom. The van der Waals surface area contributed by atoms with Crippen molar-refractivity contribution in [3.8, 4) is 11.5 Å². The predicted octanol–water partition coefficient (Wildman–Crippen LogP) is 4.08. The molecule has 0 aromatic heterocycles. The number of aromatic carboxylic acids is 1. The molecule has 10 heteroatoms. The molecule has 40 heavy (non-hydrogen) atoms. The maximum Gasteiger partial charge on any atom is 0.339 e. The third kappa shape index (κ3) is 3.65. The van der Waals surface area contributed by atoms with E-state index in [4.69, 9.17) is 11.6 Å². The molecule has 3 N–H and O–H groups in total. The van der Waals surface area contributed by atoms with Crippen molar-refractivity contribution in [2.75, 3.05) is 4.90 Å². The van der Waals surface area contributed by atoms with Crippen LogP contribution in [0.25, 0.3) is 0 Å². The second-order valence-corrected chi connectivity index (χ2v) is 10.9. The van der Waals surface area contributed by atoms with E-state index < -0.39 is 47.2 Å². The first-order chi connectivity index (χ1) is 19.0. The van der Waals surface area contributed by atoms with Gasteiger partial charge in [-0.15, -0.1) is 0 Å². The Bertz CT molecular complexity index is 1680. The monoisotopic (exact) mass is 559 g/mol. The van der Waals surface area contributed by atoms with Crippen molar-refractivity contribution in [1.82, 2.24) is 0 Å². The van der Waals surface area contributed by atoms with Crippen molar-refractivity contribution in [3.05, 3.63) is 87.0 Å². The number of Topliss-reactive ketones (excluding diaryl/α,β-unsaturated/α-hetero) is 1. The number of allylic oxidation sites excluding steroid dienone is 6. The summed E-state index contributed by atoms with van der Waals surface area (Å²) in [6.07, 6.45) is 3.42. The van der Waals surface area contributed by atoms with Gasteiger partial charge in [0.2, 0.25) is 11.8 Å². The number of imide groups is 1. The third-order valence-corrected chi connectivity index (χ3v) is 8.65. The highest BCUT2D eigenvalue weighted by atomic mass is 35.5. The van der Waals surface area contributed by atoms with E-state index in [1.807, 2.05) is 6.08 Å². The summed E-state index contributed by atoms with van der Waals surface area (Å²) >= 11 is 6.54. The summed E-state index contributed by atoms with van der Waals surface area (Å²) in [6, 6.07) is 7.87. The third-order valence-electron chi connectivity index (χ3n) is 8.33. The fourth-order valence-corrected chi connectivity index (χ4v) is 6.87. The average Bonchev–Trinajstić information content (AvgIpc) is 3.15. The largest absolute Gasteiger partial charge is 0.508 e. The van der Waals surface area contributed by atoms with Crippen molar-refractivity contribution in [1.29, 1.82) is 0 Å². The lowest BCUT2D eigenvalue weighted by Gasteiger charge is -2.42. The molecule has 2 amide bonds. The van der Waals surface area contributed by atoms with Crippen LogP contribution in [0.1, 0.15) is 41.6 Å². The normalized spacial score (nSPS) is 25.8. The molecule has 2 aromatic rings. The summed E-state index contributed by atoms with van der Waals surface area (Å²) in [5.41, 5.74) is 1.73. The number of halogens is 1. The van der Waals surface area contributed by atoms with E-state index in [0.29, 0.717) is 11.1 Å². The van der Waals surface area contributed by atoms with Gasteiger partial charge in [-0.05, 0) is 61.6 Å². The van der Waals surface area contributed by atoms with Gasteiger partial charge < -0.3 is 15.3 Å². The van der Waals surface area contributed by atoms with Crippen LogP contribution < -0.4 is 4.90 Å². The number of phenolic OH excluding ortho intramolecular Hbond substituents is 1. The van der Waals surface area contributed by atoms with Crippen molar-refractivity contribution < 1.29 is 39.3 Å².